The fraction of sp³-hybridized carbons (Fsp3) is 0.0909. The number of rotatable bonds is 4. The zero-order valence-corrected chi connectivity index (χ0v) is 10.9. The molecular weight excluding hydrogens is 285 g/mol. The number of halogens is 1. The smallest absolute Gasteiger partial charge is 0.304 e. The van der Waals surface area contributed by atoms with E-state index in [1.165, 1.54) is 23.9 Å². The van der Waals surface area contributed by atoms with Gasteiger partial charge in [0.15, 0.2) is 5.16 Å². The second-order valence-corrected chi connectivity index (χ2v) is 4.77. The lowest BCUT2D eigenvalue weighted by atomic mass is 10.2. The molecule has 0 aliphatic rings. The van der Waals surface area contributed by atoms with Crippen LogP contribution in [0.5, 0.6) is 0 Å². The van der Waals surface area contributed by atoms with Gasteiger partial charge in [-0.3, -0.25) is 10.1 Å². The van der Waals surface area contributed by atoms with E-state index in [1.54, 1.807) is 0 Å². The number of anilines is 2. The summed E-state index contributed by atoms with van der Waals surface area (Å²) < 4.78 is 13.4. The maximum atomic E-state index is 13.4. The average Bonchev–Trinajstić information content (AvgIpc) is 2.35. The molecule has 0 spiro atoms. The lowest BCUT2D eigenvalue weighted by Crippen LogP contribution is -1.99. The quantitative estimate of drug-likeness (QED) is 0.383. The molecule has 1 aromatic heterocycles. The zero-order chi connectivity index (χ0) is 14.7. The summed E-state index contributed by atoms with van der Waals surface area (Å²) in [5.41, 5.74) is 11.1. The van der Waals surface area contributed by atoms with E-state index in [4.69, 9.17) is 11.5 Å². The van der Waals surface area contributed by atoms with Crippen LogP contribution < -0.4 is 11.5 Å². The molecule has 0 aliphatic heterocycles. The van der Waals surface area contributed by atoms with Crippen LogP contribution in [0.3, 0.4) is 0 Å². The monoisotopic (exact) mass is 295 g/mol. The van der Waals surface area contributed by atoms with Crippen LogP contribution in [-0.4, -0.2) is 14.9 Å². The predicted molar refractivity (Wildman–Crippen MR) is 73.5 cm³/mol. The summed E-state index contributed by atoms with van der Waals surface area (Å²) in [5, 5.41) is 10.9. The van der Waals surface area contributed by atoms with Gasteiger partial charge in [-0.05, 0) is 11.6 Å². The van der Waals surface area contributed by atoms with Crippen molar-refractivity contribution in [3.8, 4) is 0 Å². The van der Waals surface area contributed by atoms with Gasteiger partial charge in [0.2, 0.25) is 5.82 Å². The minimum atomic E-state index is -0.874. The van der Waals surface area contributed by atoms with Crippen molar-refractivity contribution in [2.75, 3.05) is 11.5 Å². The number of nitro groups is 1. The van der Waals surface area contributed by atoms with Gasteiger partial charge in [0, 0.05) is 17.9 Å². The molecule has 4 N–H and O–H groups in total. The molecule has 20 heavy (non-hydrogen) atoms. The van der Waals surface area contributed by atoms with E-state index < -0.39 is 16.4 Å². The zero-order valence-electron chi connectivity index (χ0n) is 10.1. The Morgan fingerprint density at radius 2 is 1.90 bits per heavy atom. The predicted octanol–water partition coefficient (Wildman–Crippen LogP) is 1.98. The third kappa shape index (κ3) is 3.32. The van der Waals surface area contributed by atoms with Crippen LogP contribution in [0, 0.1) is 15.9 Å². The molecule has 0 saturated heterocycles. The largest absolute Gasteiger partial charge is 0.383 e. The molecule has 0 aliphatic carbocycles. The fourth-order valence-electron chi connectivity index (χ4n) is 1.46. The molecule has 0 radical (unpaired) electrons. The van der Waals surface area contributed by atoms with Gasteiger partial charge >= 0.3 is 5.69 Å². The van der Waals surface area contributed by atoms with Crippen LogP contribution in [0.4, 0.5) is 21.7 Å². The SMILES string of the molecule is Nc1cc(N)nc(SCc2ccc([N+](=O)[O-])c(F)c2)n1. The molecule has 7 nitrogen and oxygen atoms in total. The van der Waals surface area contributed by atoms with Crippen LogP contribution in [0.1, 0.15) is 5.56 Å². The number of nitro benzene ring substituents is 1. The highest BCUT2D eigenvalue weighted by Crippen LogP contribution is 2.24. The van der Waals surface area contributed by atoms with Gasteiger partial charge in [-0.2, -0.15) is 4.39 Å². The molecule has 1 aromatic carbocycles. The summed E-state index contributed by atoms with van der Waals surface area (Å²) >= 11 is 1.21. The maximum Gasteiger partial charge on any atom is 0.304 e. The second kappa shape index (κ2) is 5.70. The lowest BCUT2D eigenvalue weighted by molar-refractivity contribution is -0.387. The van der Waals surface area contributed by atoms with Gasteiger partial charge in [0.1, 0.15) is 11.6 Å². The minimum absolute atomic E-state index is 0.245. The molecule has 0 saturated carbocycles. The van der Waals surface area contributed by atoms with Crippen molar-refractivity contribution < 1.29 is 9.31 Å². The van der Waals surface area contributed by atoms with Crippen LogP contribution >= 0.6 is 11.8 Å². The highest BCUT2D eigenvalue weighted by Gasteiger charge is 2.14. The van der Waals surface area contributed by atoms with E-state index in [0.717, 1.165) is 12.1 Å². The van der Waals surface area contributed by atoms with Crippen molar-refractivity contribution in [1.82, 2.24) is 9.97 Å². The van der Waals surface area contributed by atoms with E-state index >= 15 is 0 Å². The van der Waals surface area contributed by atoms with Crippen LogP contribution in [0.2, 0.25) is 0 Å². The number of thioether (sulfide) groups is 1. The first-order valence-electron chi connectivity index (χ1n) is 5.41. The molecule has 0 bridgehead atoms. The van der Waals surface area contributed by atoms with Crippen molar-refractivity contribution in [2.45, 2.75) is 10.9 Å². The summed E-state index contributed by atoms with van der Waals surface area (Å²) in [4.78, 5) is 17.7. The standard InChI is InChI=1S/C11H10FN5O2S/c12-7-3-6(1-2-8(7)17(18)19)5-20-11-15-9(13)4-10(14)16-11/h1-4H,5H2,(H4,13,14,15,16). The molecule has 2 aromatic rings. The van der Waals surface area contributed by atoms with E-state index in [0.29, 0.717) is 16.5 Å². The Balaban J connectivity index is 2.11. The summed E-state index contributed by atoms with van der Waals surface area (Å²) in [6.45, 7) is 0. The Morgan fingerprint density at radius 3 is 2.45 bits per heavy atom. The topological polar surface area (TPSA) is 121 Å². The number of nitrogen functional groups attached to an aromatic ring is 2. The van der Waals surface area contributed by atoms with Crippen molar-refractivity contribution in [3.05, 3.63) is 45.8 Å². The van der Waals surface area contributed by atoms with Crippen LogP contribution in [0.15, 0.2) is 29.4 Å². The van der Waals surface area contributed by atoms with Crippen molar-refractivity contribution >= 4 is 29.1 Å². The molecule has 9 heteroatoms. The first-order valence-corrected chi connectivity index (χ1v) is 6.40. The van der Waals surface area contributed by atoms with Gasteiger partial charge < -0.3 is 11.5 Å². The highest BCUT2D eigenvalue weighted by molar-refractivity contribution is 7.98. The van der Waals surface area contributed by atoms with E-state index in [9.17, 15) is 14.5 Å². The van der Waals surface area contributed by atoms with Gasteiger partial charge in [-0.15, -0.1) is 0 Å². The third-order valence-corrected chi connectivity index (χ3v) is 3.24. The Morgan fingerprint density at radius 1 is 1.25 bits per heavy atom. The van der Waals surface area contributed by atoms with Crippen molar-refractivity contribution in [1.29, 1.82) is 0 Å². The first kappa shape index (κ1) is 14.0. The van der Waals surface area contributed by atoms with E-state index in [-0.39, 0.29) is 11.6 Å². The molecule has 0 amide bonds. The third-order valence-electron chi connectivity index (χ3n) is 2.32. The first-order chi connectivity index (χ1) is 9.45. The van der Waals surface area contributed by atoms with Crippen molar-refractivity contribution in [2.24, 2.45) is 0 Å². The van der Waals surface area contributed by atoms with E-state index in [2.05, 4.69) is 9.97 Å². The van der Waals surface area contributed by atoms with Crippen LogP contribution in [-0.2, 0) is 5.75 Å². The molecule has 0 atom stereocenters. The Labute approximate surface area is 117 Å². The summed E-state index contributed by atoms with van der Waals surface area (Å²) in [7, 11) is 0. The number of hydrogen-bond acceptors (Lipinski definition) is 7. The molecule has 2 rings (SSSR count). The summed E-state index contributed by atoms with van der Waals surface area (Å²) in [5.74, 6) is -0.0384. The van der Waals surface area contributed by atoms with Gasteiger partial charge in [-0.1, -0.05) is 17.8 Å². The molecule has 0 unspecified atom stereocenters. The molecule has 104 valence electrons. The van der Waals surface area contributed by atoms with Gasteiger partial charge in [-0.25, -0.2) is 9.97 Å². The van der Waals surface area contributed by atoms with Crippen molar-refractivity contribution in [3.63, 3.8) is 0 Å². The van der Waals surface area contributed by atoms with E-state index in [1.807, 2.05) is 0 Å². The van der Waals surface area contributed by atoms with Gasteiger partial charge in [0.05, 0.1) is 4.92 Å². The van der Waals surface area contributed by atoms with Gasteiger partial charge in [0.25, 0.3) is 0 Å². The fourth-order valence-corrected chi connectivity index (χ4v) is 2.28. The number of aromatic nitrogens is 2. The molecular formula is C11H10FN5O2S. The molecule has 0 fully saturated rings. The Hall–Kier alpha value is -2.42. The Bertz CT molecular complexity index is 647. The number of hydrogen-bond donors (Lipinski definition) is 2. The maximum absolute atomic E-state index is 13.4. The second-order valence-electron chi connectivity index (χ2n) is 3.83. The number of nitrogens with zero attached hydrogens (tertiary/aromatic N) is 3. The Kier molecular flexibility index (Phi) is 3.99. The van der Waals surface area contributed by atoms with Crippen LogP contribution in [0.25, 0.3) is 0 Å². The summed E-state index contributed by atoms with van der Waals surface area (Å²) in [6.07, 6.45) is 0. The minimum Gasteiger partial charge on any atom is -0.383 e. The number of benzene rings is 1. The highest BCUT2D eigenvalue weighted by atomic mass is 32.2. The normalized spacial score (nSPS) is 10.4. The number of nitrogens with two attached hydrogens (primary N) is 2. The lowest BCUT2D eigenvalue weighted by Gasteiger charge is -2.03. The average molecular weight is 295 g/mol. The molecule has 1 heterocycles. The summed E-state index contributed by atoms with van der Waals surface area (Å²) in [6, 6.07) is 5.14.